The van der Waals surface area contributed by atoms with Gasteiger partial charge >= 0.3 is 0 Å². The average molecular weight is 377 g/mol. The number of benzene rings is 2. The molecule has 1 saturated heterocycles. The molecule has 2 N–H and O–H groups in total. The molecule has 1 atom stereocenters. The van der Waals surface area contributed by atoms with E-state index in [2.05, 4.69) is 64.4 Å². The summed E-state index contributed by atoms with van der Waals surface area (Å²) in [7, 11) is 2.19. The van der Waals surface area contributed by atoms with Gasteiger partial charge in [-0.05, 0) is 56.8 Å². The Balaban J connectivity index is 1.61. The van der Waals surface area contributed by atoms with Crippen LogP contribution in [0.25, 0.3) is 10.9 Å². The third-order valence-corrected chi connectivity index (χ3v) is 5.85. The number of aliphatic hydroxyl groups excluding tert-OH is 1. The zero-order valence-electron chi connectivity index (χ0n) is 16.8. The first-order valence-electron chi connectivity index (χ1n) is 9.88. The van der Waals surface area contributed by atoms with Crippen molar-refractivity contribution in [3.8, 4) is 0 Å². The minimum Gasteiger partial charge on any atom is -0.390 e. The fourth-order valence-electron chi connectivity index (χ4n) is 3.86. The summed E-state index contributed by atoms with van der Waals surface area (Å²) in [5.41, 5.74) is 5.90. The Labute approximate surface area is 166 Å². The van der Waals surface area contributed by atoms with Gasteiger partial charge in [-0.25, -0.2) is 4.98 Å². The summed E-state index contributed by atoms with van der Waals surface area (Å²) in [6, 6.07) is 17.2. The number of rotatable bonds is 4. The molecule has 5 heteroatoms. The number of hydrogen-bond donors (Lipinski definition) is 2. The second-order valence-corrected chi connectivity index (χ2v) is 7.68. The summed E-state index contributed by atoms with van der Waals surface area (Å²) in [5, 5.41) is 14.3. The van der Waals surface area contributed by atoms with E-state index in [1.54, 1.807) is 0 Å². The molecule has 1 unspecified atom stereocenters. The van der Waals surface area contributed by atoms with Crippen molar-refractivity contribution in [1.29, 1.82) is 0 Å². The fourth-order valence-corrected chi connectivity index (χ4v) is 3.86. The van der Waals surface area contributed by atoms with Crippen molar-refractivity contribution >= 4 is 28.0 Å². The monoisotopic (exact) mass is 376 g/mol. The van der Waals surface area contributed by atoms with Gasteiger partial charge in [0.15, 0.2) is 0 Å². The summed E-state index contributed by atoms with van der Waals surface area (Å²) in [5.74, 6) is 0. The lowest BCUT2D eigenvalue weighted by Crippen LogP contribution is -2.50. The molecule has 0 bridgehead atoms. The molecule has 1 aromatic heterocycles. The van der Waals surface area contributed by atoms with E-state index in [1.807, 2.05) is 25.1 Å². The molecule has 1 fully saturated rings. The number of hydrogen-bond acceptors (Lipinski definition) is 5. The van der Waals surface area contributed by atoms with Crippen LogP contribution in [0.1, 0.15) is 18.2 Å². The number of para-hydroxylation sites is 1. The van der Waals surface area contributed by atoms with E-state index in [0.717, 1.165) is 47.5 Å². The minimum atomic E-state index is -0.0636. The van der Waals surface area contributed by atoms with Gasteiger partial charge in [-0.3, -0.25) is 0 Å². The molecule has 1 aliphatic heterocycles. The number of aromatic nitrogens is 1. The quantitative estimate of drug-likeness (QED) is 0.723. The molecule has 4 rings (SSSR count). The van der Waals surface area contributed by atoms with Crippen LogP contribution in [0.2, 0.25) is 0 Å². The Morgan fingerprint density at radius 3 is 2.57 bits per heavy atom. The molecule has 146 valence electrons. The van der Waals surface area contributed by atoms with E-state index in [0.29, 0.717) is 11.7 Å². The number of fused-ring (bicyclic) bond motifs is 1. The van der Waals surface area contributed by atoms with Crippen LogP contribution in [0, 0.1) is 6.92 Å². The van der Waals surface area contributed by atoms with Crippen molar-refractivity contribution in [1.82, 2.24) is 9.88 Å². The Hall–Kier alpha value is -2.63. The Kier molecular flexibility index (Phi) is 5.20. The molecule has 2 aromatic carbocycles. The zero-order valence-corrected chi connectivity index (χ0v) is 16.8. The van der Waals surface area contributed by atoms with Gasteiger partial charge in [-0.15, -0.1) is 0 Å². The molecule has 0 saturated carbocycles. The highest BCUT2D eigenvalue weighted by Gasteiger charge is 2.20. The number of nitrogens with one attached hydrogen (secondary N) is 1. The van der Waals surface area contributed by atoms with Crippen LogP contribution < -0.4 is 10.2 Å². The molecule has 0 amide bonds. The van der Waals surface area contributed by atoms with E-state index in [9.17, 15) is 5.11 Å². The number of likely N-dealkylation sites (N-methyl/N-ethyl adjacent to an activating group) is 1. The maximum atomic E-state index is 9.69. The number of pyridine rings is 1. The van der Waals surface area contributed by atoms with Crippen molar-refractivity contribution in [2.24, 2.45) is 0 Å². The molecule has 5 nitrogen and oxygen atoms in total. The maximum absolute atomic E-state index is 9.69. The first kappa shape index (κ1) is 18.7. The van der Waals surface area contributed by atoms with E-state index in [1.165, 1.54) is 5.69 Å². The minimum absolute atomic E-state index is 0.0636. The molecular weight excluding hydrogens is 348 g/mol. The van der Waals surface area contributed by atoms with Crippen LogP contribution in [0.4, 0.5) is 17.1 Å². The van der Waals surface area contributed by atoms with Crippen molar-refractivity contribution in [3.63, 3.8) is 0 Å². The normalized spacial score (nSPS) is 17.9. The lowest BCUT2D eigenvalue weighted by atomic mass is 10.1. The summed E-state index contributed by atoms with van der Waals surface area (Å²) in [6.07, 6.45) is 0. The van der Waals surface area contributed by atoms with Gasteiger partial charge in [-0.2, -0.15) is 0 Å². The Morgan fingerprint density at radius 2 is 1.86 bits per heavy atom. The SMILES string of the molecule is Cc1c(CO)nc2ccccc2c1Nc1ccc(N2CCN(C)C(C)C2)cc1. The lowest BCUT2D eigenvalue weighted by Gasteiger charge is -2.39. The number of aliphatic hydroxyl groups is 1. The van der Waals surface area contributed by atoms with Gasteiger partial charge in [0, 0.05) is 42.4 Å². The standard InChI is InChI=1S/C23H28N4O/c1-16-14-27(13-12-26(16)3)19-10-8-18(9-11-19)24-23-17(2)22(15-28)25-21-7-5-4-6-20(21)23/h4-11,16,28H,12-15H2,1-3H3,(H,24,25). The van der Waals surface area contributed by atoms with Crippen molar-refractivity contribution in [2.75, 3.05) is 36.9 Å². The molecule has 0 aliphatic carbocycles. The average Bonchev–Trinajstić information content (AvgIpc) is 2.72. The number of piperazine rings is 1. The van der Waals surface area contributed by atoms with Crippen molar-refractivity contribution in [3.05, 3.63) is 59.8 Å². The van der Waals surface area contributed by atoms with Gasteiger partial charge in [-0.1, -0.05) is 18.2 Å². The van der Waals surface area contributed by atoms with Crippen LogP contribution in [0.5, 0.6) is 0 Å². The number of anilines is 3. The van der Waals surface area contributed by atoms with Gasteiger partial charge in [0.1, 0.15) is 0 Å². The smallest absolute Gasteiger partial charge is 0.0856 e. The largest absolute Gasteiger partial charge is 0.390 e. The molecular formula is C23H28N4O. The van der Waals surface area contributed by atoms with Gasteiger partial charge in [0.25, 0.3) is 0 Å². The first-order chi connectivity index (χ1) is 13.6. The van der Waals surface area contributed by atoms with Crippen LogP contribution in [0.3, 0.4) is 0 Å². The van der Waals surface area contributed by atoms with Crippen LogP contribution in [-0.4, -0.2) is 47.7 Å². The molecule has 3 aromatic rings. The second-order valence-electron chi connectivity index (χ2n) is 7.68. The number of nitrogens with zero attached hydrogens (tertiary/aromatic N) is 3. The summed E-state index contributed by atoms with van der Waals surface area (Å²) < 4.78 is 0. The highest BCUT2D eigenvalue weighted by Crippen LogP contribution is 2.31. The van der Waals surface area contributed by atoms with E-state index < -0.39 is 0 Å². The van der Waals surface area contributed by atoms with Crippen LogP contribution in [0.15, 0.2) is 48.5 Å². The topological polar surface area (TPSA) is 51.6 Å². The molecule has 0 radical (unpaired) electrons. The van der Waals surface area contributed by atoms with Crippen molar-refractivity contribution in [2.45, 2.75) is 26.5 Å². The van der Waals surface area contributed by atoms with E-state index in [-0.39, 0.29) is 6.61 Å². The van der Waals surface area contributed by atoms with Gasteiger partial charge in [0.05, 0.1) is 23.5 Å². The highest BCUT2D eigenvalue weighted by atomic mass is 16.3. The van der Waals surface area contributed by atoms with Gasteiger partial charge < -0.3 is 20.2 Å². The lowest BCUT2D eigenvalue weighted by molar-refractivity contribution is 0.234. The maximum Gasteiger partial charge on any atom is 0.0856 e. The predicted molar refractivity (Wildman–Crippen MR) is 116 cm³/mol. The Morgan fingerprint density at radius 1 is 1.11 bits per heavy atom. The van der Waals surface area contributed by atoms with Crippen LogP contribution >= 0.6 is 0 Å². The molecule has 2 heterocycles. The van der Waals surface area contributed by atoms with E-state index in [4.69, 9.17) is 0 Å². The Bertz CT molecular complexity index is 970. The molecule has 28 heavy (non-hydrogen) atoms. The summed E-state index contributed by atoms with van der Waals surface area (Å²) in [6.45, 7) is 7.42. The summed E-state index contributed by atoms with van der Waals surface area (Å²) >= 11 is 0. The zero-order chi connectivity index (χ0) is 19.7. The molecule has 1 aliphatic rings. The first-order valence-corrected chi connectivity index (χ1v) is 9.88. The van der Waals surface area contributed by atoms with Crippen molar-refractivity contribution < 1.29 is 5.11 Å². The van der Waals surface area contributed by atoms with Gasteiger partial charge in [0.2, 0.25) is 0 Å². The van der Waals surface area contributed by atoms with E-state index >= 15 is 0 Å². The fraction of sp³-hybridized carbons (Fsp3) is 0.348. The third-order valence-electron chi connectivity index (χ3n) is 5.85. The predicted octanol–water partition coefficient (Wildman–Crippen LogP) is 3.92. The van der Waals surface area contributed by atoms with Crippen LogP contribution in [-0.2, 0) is 6.61 Å². The highest BCUT2D eigenvalue weighted by molar-refractivity contribution is 5.95. The second kappa shape index (κ2) is 7.78. The summed E-state index contributed by atoms with van der Waals surface area (Å²) in [4.78, 5) is 9.44. The third kappa shape index (κ3) is 3.55. The molecule has 0 spiro atoms.